The molecule has 0 aromatic heterocycles. The summed E-state index contributed by atoms with van der Waals surface area (Å²) in [5, 5.41) is 0. The van der Waals surface area contributed by atoms with Crippen molar-refractivity contribution in [1.29, 1.82) is 0 Å². The lowest BCUT2D eigenvalue weighted by atomic mass is 9.92. The van der Waals surface area contributed by atoms with E-state index in [1.807, 2.05) is 26.0 Å². The first-order valence-electron chi connectivity index (χ1n) is 16.2. The van der Waals surface area contributed by atoms with Crippen molar-refractivity contribution < 1.29 is 0 Å². The highest BCUT2D eigenvalue weighted by molar-refractivity contribution is 5.73. The zero-order chi connectivity index (χ0) is 31.6. The van der Waals surface area contributed by atoms with Crippen LogP contribution in [0.15, 0.2) is 146 Å². The molecule has 4 unspecified atom stereocenters. The molecule has 228 valence electrons. The molecule has 2 aromatic carbocycles. The molecule has 0 N–H and O–H groups in total. The summed E-state index contributed by atoms with van der Waals surface area (Å²) in [4.78, 5) is 4.85. The lowest BCUT2D eigenvalue weighted by Gasteiger charge is -2.39. The van der Waals surface area contributed by atoms with Crippen molar-refractivity contribution >= 4 is 23.0 Å². The molecule has 1 aliphatic heterocycles. The smallest absolute Gasteiger partial charge is 0.0613 e. The summed E-state index contributed by atoms with van der Waals surface area (Å²) in [6.07, 6.45) is 26.0. The van der Waals surface area contributed by atoms with Gasteiger partial charge >= 0.3 is 0 Å². The standard InChI is InChI=1S/C40H44N2.C2H6/c1-7-33-23-24-35-17-11-14-20-40(35)41(37(33)8-2)32(6)22-21-29(3)34-25-27-36(28-26-34)42(38-18-12-9-15-30(38)4)39-19-13-10-16-31(39)5;1-2/h7-9,11-12,14-20,23-28,30,33,37-38H,1-3,6,10,13,21-22H2,4-5H3;1-2H3. The van der Waals surface area contributed by atoms with Crippen LogP contribution < -0.4 is 9.80 Å². The largest absolute Gasteiger partial charge is 0.337 e. The van der Waals surface area contributed by atoms with Crippen LogP contribution in [0.4, 0.5) is 11.4 Å². The SMILES string of the molecule is C=CC1C=Cc2ccccc2N(C(=C)CCC(=C)c2ccc(N(C3=CCCC=C3C)C3C=CC=CC3C)cc2)C1C=C.CC. The van der Waals surface area contributed by atoms with Gasteiger partial charge in [-0.15, -0.1) is 13.2 Å². The fraction of sp³-hybridized carbons (Fsp3) is 0.286. The number of nitrogens with zero attached hydrogens (tertiary/aromatic N) is 2. The molecular formula is C42H50N2. The van der Waals surface area contributed by atoms with E-state index in [9.17, 15) is 0 Å². The van der Waals surface area contributed by atoms with E-state index >= 15 is 0 Å². The molecule has 0 saturated heterocycles. The molecule has 4 atom stereocenters. The minimum atomic E-state index is 0.0612. The Bertz CT molecular complexity index is 1490. The average Bonchev–Trinajstić information content (AvgIpc) is 3.23. The Morgan fingerprint density at radius 2 is 1.59 bits per heavy atom. The van der Waals surface area contributed by atoms with E-state index in [0.29, 0.717) is 5.92 Å². The summed E-state index contributed by atoms with van der Waals surface area (Å²) in [7, 11) is 0. The van der Waals surface area contributed by atoms with Gasteiger partial charge in [-0.2, -0.15) is 0 Å². The van der Waals surface area contributed by atoms with Crippen LogP contribution in [0.3, 0.4) is 0 Å². The first-order valence-corrected chi connectivity index (χ1v) is 16.2. The third kappa shape index (κ3) is 7.08. The zero-order valence-electron chi connectivity index (χ0n) is 27.3. The van der Waals surface area contributed by atoms with Crippen LogP contribution in [-0.2, 0) is 0 Å². The van der Waals surface area contributed by atoms with Crippen molar-refractivity contribution in [2.24, 2.45) is 11.8 Å². The van der Waals surface area contributed by atoms with Gasteiger partial charge in [0.15, 0.2) is 0 Å². The molecule has 0 amide bonds. The maximum atomic E-state index is 4.55. The van der Waals surface area contributed by atoms with E-state index < -0.39 is 0 Å². The summed E-state index contributed by atoms with van der Waals surface area (Å²) in [6.45, 7) is 25.8. The summed E-state index contributed by atoms with van der Waals surface area (Å²) >= 11 is 0. The summed E-state index contributed by atoms with van der Waals surface area (Å²) in [5.74, 6) is 0.575. The van der Waals surface area contributed by atoms with Crippen LogP contribution in [0.5, 0.6) is 0 Å². The normalized spacial score (nSPS) is 22.0. The van der Waals surface area contributed by atoms with Crippen LogP contribution in [0.1, 0.15) is 64.5 Å². The van der Waals surface area contributed by atoms with Crippen molar-refractivity contribution in [3.63, 3.8) is 0 Å². The van der Waals surface area contributed by atoms with Gasteiger partial charge in [-0.25, -0.2) is 0 Å². The number of benzene rings is 2. The van der Waals surface area contributed by atoms with Gasteiger partial charge in [0, 0.05) is 28.7 Å². The van der Waals surface area contributed by atoms with Gasteiger partial charge in [-0.3, -0.25) is 0 Å². The van der Waals surface area contributed by atoms with Crippen LogP contribution in [0, 0.1) is 11.8 Å². The van der Waals surface area contributed by atoms with E-state index in [1.54, 1.807) is 0 Å². The lowest BCUT2D eigenvalue weighted by Crippen LogP contribution is -2.39. The molecule has 0 fully saturated rings. The van der Waals surface area contributed by atoms with Crippen LogP contribution in [-0.4, -0.2) is 12.1 Å². The van der Waals surface area contributed by atoms with Gasteiger partial charge in [0.2, 0.25) is 0 Å². The zero-order valence-corrected chi connectivity index (χ0v) is 27.3. The fourth-order valence-corrected chi connectivity index (χ4v) is 6.36. The third-order valence-corrected chi connectivity index (χ3v) is 8.80. The molecule has 5 rings (SSSR count). The van der Waals surface area contributed by atoms with Crippen LogP contribution >= 0.6 is 0 Å². The molecular weight excluding hydrogens is 532 g/mol. The molecule has 44 heavy (non-hydrogen) atoms. The van der Waals surface area contributed by atoms with Crippen molar-refractivity contribution in [2.75, 3.05) is 9.80 Å². The summed E-state index contributed by atoms with van der Waals surface area (Å²) in [5.41, 5.74) is 9.58. The fourth-order valence-electron chi connectivity index (χ4n) is 6.36. The van der Waals surface area contributed by atoms with Gasteiger partial charge in [0.05, 0.1) is 12.1 Å². The molecule has 0 saturated carbocycles. The highest BCUT2D eigenvalue weighted by atomic mass is 15.2. The Balaban J connectivity index is 0.00000216. The average molecular weight is 583 g/mol. The number of allylic oxidation sites excluding steroid dienone is 7. The number of hydrogen-bond acceptors (Lipinski definition) is 2. The van der Waals surface area contributed by atoms with Gasteiger partial charge in [0.25, 0.3) is 0 Å². The second kappa shape index (κ2) is 15.4. The van der Waals surface area contributed by atoms with E-state index in [0.717, 1.165) is 42.6 Å². The Kier molecular flexibility index (Phi) is 11.4. The van der Waals surface area contributed by atoms with Crippen molar-refractivity contribution in [1.82, 2.24) is 0 Å². The van der Waals surface area contributed by atoms with E-state index in [-0.39, 0.29) is 18.0 Å². The van der Waals surface area contributed by atoms with Gasteiger partial charge in [0.1, 0.15) is 0 Å². The van der Waals surface area contributed by atoms with Gasteiger partial charge < -0.3 is 9.80 Å². The predicted octanol–water partition coefficient (Wildman–Crippen LogP) is 11.5. The molecule has 3 aliphatic rings. The third-order valence-electron chi connectivity index (χ3n) is 8.80. The molecule has 2 aromatic rings. The molecule has 2 nitrogen and oxygen atoms in total. The highest BCUT2D eigenvalue weighted by Crippen LogP contribution is 2.37. The van der Waals surface area contributed by atoms with Crippen molar-refractivity contribution in [2.45, 2.75) is 65.5 Å². The summed E-state index contributed by atoms with van der Waals surface area (Å²) in [6, 6.07) is 17.8. The lowest BCUT2D eigenvalue weighted by molar-refractivity contribution is 0.594. The monoisotopic (exact) mass is 582 g/mol. The van der Waals surface area contributed by atoms with Crippen LogP contribution in [0.2, 0.25) is 0 Å². The number of anilines is 2. The first-order chi connectivity index (χ1) is 21.4. The molecule has 0 spiro atoms. The van der Waals surface area contributed by atoms with Gasteiger partial charge in [-0.1, -0.05) is 125 Å². The maximum absolute atomic E-state index is 4.55. The Labute approximate surface area is 267 Å². The molecule has 0 radical (unpaired) electrons. The van der Waals surface area contributed by atoms with Crippen LogP contribution in [0.25, 0.3) is 11.6 Å². The topological polar surface area (TPSA) is 6.48 Å². The second-order valence-electron chi connectivity index (χ2n) is 11.6. The second-order valence-corrected chi connectivity index (χ2v) is 11.6. The van der Waals surface area contributed by atoms with Crippen molar-refractivity contribution in [3.8, 4) is 0 Å². The molecule has 0 bridgehead atoms. The van der Waals surface area contributed by atoms with Crippen molar-refractivity contribution in [3.05, 3.63) is 158 Å². The maximum Gasteiger partial charge on any atom is 0.0613 e. The van der Waals surface area contributed by atoms with E-state index in [4.69, 9.17) is 0 Å². The summed E-state index contributed by atoms with van der Waals surface area (Å²) < 4.78 is 0. The quantitative estimate of drug-likeness (QED) is 0.257. The van der Waals surface area contributed by atoms with Gasteiger partial charge in [-0.05, 0) is 79.0 Å². The minimum Gasteiger partial charge on any atom is -0.337 e. The number of para-hydroxylation sites is 1. The molecule has 2 aliphatic carbocycles. The predicted molar refractivity (Wildman–Crippen MR) is 196 cm³/mol. The Hall–Kier alpha value is -4.30. The highest BCUT2D eigenvalue weighted by Gasteiger charge is 2.28. The minimum absolute atomic E-state index is 0.0612. The Morgan fingerprint density at radius 3 is 2.27 bits per heavy atom. The van der Waals surface area contributed by atoms with E-state index in [1.165, 1.54) is 28.1 Å². The number of fused-ring (bicyclic) bond motifs is 1. The van der Waals surface area contributed by atoms with E-state index in [2.05, 4.69) is 147 Å². The molecule has 2 heteroatoms. The number of hydrogen-bond donors (Lipinski definition) is 0. The molecule has 1 heterocycles. The first kappa shape index (κ1) is 32.6. The number of rotatable bonds is 10. The Morgan fingerprint density at radius 1 is 0.886 bits per heavy atom.